The van der Waals surface area contributed by atoms with Crippen molar-refractivity contribution in [2.24, 2.45) is 0 Å². The van der Waals surface area contributed by atoms with Crippen LogP contribution in [0.5, 0.6) is 0 Å². The summed E-state index contributed by atoms with van der Waals surface area (Å²) in [6.45, 7) is 3.27. The molecule has 0 amide bonds. The van der Waals surface area contributed by atoms with Crippen LogP contribution < -0.4 is 10.2 Å². The molecule has 0 spiro atoms. The molecule has 3 heterocycles. The molecule has 0 saturated carbocycles. The van der Waals surface area contributed by atoms with E-state index >= 15 is 0 Å². The first-order valence-corrected chi connectivity index (χ1v) is 7.43. The lowest BCUT2D eigenvalue weighted by Crippen LogP contribution is -2.31. The van der Waals surface area contributed by atoms with E-state index in [1.165, 1.54) is 19.3 Å². The molecule has 1 N–H and O–H groups in total. The summed E-state index contributed by atoms with van der Waals surface area (Å²) in [5.41, 5.74) is 0. The van der Waals surface area contributed by atoms with Crippen molar-refractivity contribution in [2.45, 2.75) is 25.8 Å². The molecular formula is C12H17ClN8. The topological polar surface area (TPSA) is 84.7 Å². The standard InChI is InChI=1S/C12H17ClN8/c13-10-16-11(14-4-8-21-9-5-15-19-21)18-12(17-10)20-6-2-1-3-7-20/h5,9H,1-4,6-8H2,(H,14,16,17,18). The molecule has 9 heteroatoms. The largest absolute Gasteiger partial charge is 0.352 e. The Balaban J connectivity index is 1.63. The number of halogens is 1. The Labute approximate surface area is 127 Å². The molecule has 112 valence electrons. The molecule has 0 atom stereocenters. The van der Waals surface area contributed by atoms with Gasteiger partial charge in [0.05, 0.1) is 12.7 Å². The molecule has 3 rings (SSSR count). The predicted molar refractivity (Wildman–Crippen MR) is 79.4 cm³/mol. The third-order valence-corrected chi connectivity index (χ3v) is 3.50. The number of rotatable bonds is 5. The Hall–Kier alpha value is -1.96. The summed E-state index contributed by atoms with van der Waals surface area (Å²) in [5, 5.41) is 11.0. The highest BCUT2D eigenvalue weighted by molar-refractivity contribution is 6.28. The zero-order chi connectivity index (χ0) is 14.5. The van der Waals surface area contributed by atoms with Crippen LogP contribution in [0, 0.1) is 0 Å². The van der Waals surface area contributed by atoms with Gasteiger partial charge in [0.25, 0.3) is 0 Å². The lowest BCUT2D eigenvalue weighted by Gasteiger charge is -2.26. The summed E-state index contributed by atoms with van der Waals surface area (Å²) in [7, 11) is 0. The van der Waals surface area contributed by atoms with Crippen LogP contribution in [-0.4, -0.2) is 49.6 Å². The van der Waals surface area contributed by atoms with Crippen molar-refractivity contribution < 1.29 is 0 Å². The van der Waals surface area contributed by atoms with Crippen LogP contribution in [0.4, 0.5) is 11.9 Å². The molecule has 0 aliphatic carbocycles. The van der Waals surface area contributed by atoms with Gasteiger partial charge in [-0.1, -0.05) is 5.21 Å². The molecule has 1 fully saturated rings. The fraction of sp³-hybridized carbons (Fsp3) is 0.583. The molecule has 0 radical (unpaired) electrons. The third-order valence-electron chi connectivity index (χ3n) is 3.33. The summed E-state index contributed by atoms with van der Waals surface area (Å²) in [4.78, 5) is 14.9. The van der Waals surface area contributed by atoms with Gasteiger partial charge in [0.15, 0.2) is 0 Å². The first-order valence-electron chi connectivity index (χ1n) is 7.06. The van der Waals surface area contributed by atoms with Crippen LogP contribution >= 0.6 is 11.6 Å². The Morgan fingerprint density at radius 3 is 2.76 bits per heavy atom. The van der Waals surface area contributed by atoms with Gasteiger partial charge in [-0.05, 0) is 30.9 Å². The highest BCUT2D eigenvalue weighted by Crippen LogP contribution is 2.18. The van der Waals surface area contributed by atoms with Crippen LogP contribution in [-0.2, 0) is 6.54 Å². The van der Waals surface area contributed by atoms with E-state index < -0.39 is 0 Å². The summed E-state index contributed by atoms with van der Waals surface area (Å²) >= 11 is 5.99. The van der Waals surface area contributed by atoms with Gasteiger partial charge < -0.3 is 10.2 Å². The quantitative estimate of drug-likeness (QED) is 0.889. The minimum atomic E-state index is 0.217. The van der Waals surface area contributed by atoms with E-state index in [2.05, 4.69) is 35.5 Å². The van der Waals surface area contributed by atoms with Gasteiger partial charge in [0.1, 0.15) is 0 Å². The summed E-state index contributed by atoms with van der Waals surface area (Å²) in [5.74, 6) is 1.15. The molecule has 1 saturated heterocycles. The number of nitrogens with zero attached hydrogens (tertiary/aromatic N) is 7. The fourth-order valence-electron chi connectivity index (χ4n) is 2.29. The second-order valence-corrected chi connectivity index (χ2v) is 5.21. The summed E-state index contributed by atoms with van der Waals surface area (Å²) < 4.78 is 1.74. The Morgan fingerprint density at radius 1 is 1.14 bits per heavy atom. The summed E-state index contributed by atoms with van der Waals surface area (Å²) in [6.07, 6.45) is 7.05. The van der Waals surface area contributed by atoms with Crippen molar-refractivity contribution in [3.63, 3.8) is 0 Å². The van der Waals surface area contributed by atoms with Crippen LogP contribution in [0.1, 0.15) is 19.3 Å². The normalized spacial score (nSPS) is 15.2. The maximum atomic E-state index is 5.99. The van der Waals surface area contributed by atoms with Gasteiger partial charge in [0.2, 0.25) is 17.2 Å². The number of nitrogens with one attached hydrogen (secondary N) is 1. The number of anilines is 2. The Bertz CT molecular complexity index is 567. The average Bonchev–Trinajstić information content (AvgIpc) is 3.01. The van der Waals surface area contributed by atoms with E-state index in [4.69, 9.17) is 11.6 Å². The minimum absolute atomic E-state index is 0.217. The number of aromatic nitrogens is 6. The highest BCUT2D eigenvalue weighted by atomic mass is 35.5. The monoisotopic (exact) mass is 308 g/mol. The predicted octanol–water partition coefficient (Wildman–Crippen LogP) is 1.22. The van der Waals surface area contributed by atoms with Gasteiger partial charge in [-0.15, -0.1) is 5.10 Å². The molecule has 1 aliphatic rings. The molecule has 0 bridgehead atoms. The van der Waals surface area contributed by atoms with E-state index in [0.717, 1.165) is 13.1 Å². The zero-order valence-electron chi connectivity index (χ0n) is 11.6. The zero-order valence-corrected chi connectivity index (χ0v) is 12.4. The minimum Gasteiger partial charge on any atom is -0.352 e. The van der Waals surface area contributed by atoms with Crippen molar-refractivity contribution in [1.82, 2.24) is 29.9 Å². The second-order valence-electron chi connectivity index (χ2n) is 4.87. The first-order chi connectivity index (χ1) is 10.3. The van der Waals surface area contributed by atoms with Crippen LogP contribution in [0.15, 0.2) is 12.4 Å². The van der Waals surface area contributed by atoms with Gasteiger partial charge >= 0.3 is 0 Å². The SMILES string of the molecule is Clc1nc(NCCn2ccnn2)nc(N2CCCCC2)n1. The van der Waals surface area contributed by atoms with Crippen LogP contribution in [0.2, 0.25) is 5.28 Å². The molecule has 21 heavy (non-hydrogen) atoms. The molecule has 8 nitrogen and oxygen atoms in total. The Morgan fingerprint density at radius 2 is 2.00 bits per heavy atom. The van der Waals surface area contributed by atoms with Gasteiger partial charge in [-0.25, -0.2) is 0 Å². The molecular weight excluding hydrogens is 292 g/mol. The molecule has 0 unspecified atom stereocenters. The average molecular weight is 309 g/mol. The first kappa shape index (κ1) is 14.0. The second kappa shape index (κ2) is 6.66. The maximum absolute atomic E-state index is 5.99. The highest BCUT2D eigenvalue weighted by Gasteiger charge is 2.15. The fourth-order valence-corrected chi connectivity index (χ4v) is 2.44. The molecule has 1 aliphatic heterocycles. The molecule has 2 aromatic heterocycles. The van der Waals surface area contributed by atoms with E-state index in [1.54, 1.807) is 17.1 Å². The third kappa shape index (κ3) is 3.78. The van der Waals surface area contributed by atoms with E-state index in [-0.39, 0.29) is 5.28 Å². The maximum Gasteiger partial charge on any atom is 0.231 e. The van der Waals surface area contributed by atoms with Gasteiger partial charge in [-0.2, -0.15) is 15.0 Å². The van der Waals surface area contributed by atoms with Gasteiger partial charge in [0, 0.05) is 25.8 Å². The number of piperidine rings is 1. The summed E-state index contributed by atoms with van der Waals surface area (Å²) in [6, 6.07) is 0. The smallest absolute Gasteiger partial charge is 0.231 e. The van der Waals surface area contributed by atoms with Crippen molar-refractivity contribution in [2.75, 3.05) is 29.9 Å². The van der Waals surface area contributed by atoms with Crippen molar-refractivity contribution in [1.29, 1.82) is 0 Å². The van der Waals surface area contributed by atoms with Crippen molar-refractivity contribution in [3.8, 4) is 0 Å². The van der Waals surface area contributed by atoms with Gasteiger partial charge in [-0.3, -0.25) is 4.68 Å². The number of hydrogen-bond acceptors (Lipinski definition) is 7. The van der Waals surface area contributed by atoms with E-state index in [1.807, 2.05) is 0 Å². The van der Waals surface area contributed by atoms with Crippen LogP contribution in [0.3, 0.4) is 0 Å². The van der Waals surface area contributed by atoms with E-state index in [0.29, 0.717) is 25.0 Å². The Kier molecular flexibility index (Phi) is 4.44. The lowest BCUT2D eigenvalue weighted by molar-refractivity contribution is 0.567. The lowest BCUT2D eigenvalue weighted by atomic mass is 10.1. The number of hydrogen-bond donors (Lipinski definition) is 1. The van der Waals surface area contributed by atoms with Crippen molar-refractivity contribution >= 4 is 23.5 Å². The van der Waals surface area contributed by atoms with Crippen LogP contribution in [0.25, 0.3) is 0 Å². The van der Waals surface area contributed by atoms with E-state index in [9.17, 15) is 0 Å². The van der Waals surface area contributed by atoms with Crippen molar-refractivity contribution in [3.05, 3.63) is 17.7 Å². The molecule has 0 aromatic carbocycles. The molecule has 2 aromatic rings.